The first-order chi connectivity index (χ1) is 19.1. The van der Waals surface area contributed by atoms with Crippen LogP contribution in [0, 0.1) is 0 Å². The van der Waals surface area contributed by atoms with Crippen LogP contribution >= 0.6 is 0 Å². The van der Waals surface area contributed by atoms with E-state index in [1.54, 1.807) is 17.6 Å². The number of rotatable bonds is 4. The minimum Gasteiger partial charge on any atom is -1.00 e. The number of allylic oxidation sites excluding steroid dienone is 4. The van der Waals surface area contributed by atoms with Gasteiger partial charge in [0.05, 0.1) is 0 Å². The Bertz CT molecular complexity index is 1560. The Hall–Kier alpha value is -2.31. The molecule has 0 fully saturated rings. The monoisotopic (exact) mass is 668 g/mol. The van der Waals surface area contributed by atoms with E-state index in [1.807, 2.05) is 0 Å². The van der Waals surface area contributed by atoms with Gasteiger partial charge in [-0.1, -0.05) is 0 Å². The third kappa shape index (κ3) is 6.17. The van der Waals surface area contributed by atoms with E-state index in [0.717, 1.165) is 6.42 Å². The number of fused-ring (bicyclic) bond motifs is 3. The summed E-state index contributed by atoms with van der Waals surface area (Å²) in [6.45, 7) is 14.1. The zero-order valence-corrected chi connectivity index (χ0v) is 29.5. The zero-order valence-electron chi connectivity index (χ0n) is 25.5. The van der Waals surface area contributed by atoms with Crippen LogP contribution in [0.5, 0.6) is 0 Å². The molecule has 0 radical (unpaired) electrons. The van der Waals surface area contributed by atoms with E-state index in [0.29, 0.717) is 3.63 Å². The molecule has 0 aliphatic heterocycles. The van der Waals surface area contributed by atoms with E-state index in [2.05, 4.69) is 157 Å². The zero-order chi connectivity index (χ0) is 28.1. The van der Waals surface area contributed by atoms with Crippen molar-refractivity contribution >= 4 is 3.21 Å². The van der Waals surface area contributed by atoms with Crippen LogP contribution in [0.3, 0.4) is 0 Å². The summed E-state index contributed by atoms with van der Waals surface area (Å²) in [5.74, 6) is 0. The summed E-state index contributed by atoms with van der Waals surface area (Å²) >= 11 is -2.66. The molecular weight excluding hydrogens is 631 g/mol. The molecule has 0 aromatic heterocycles. The van der Waals surface area contributed by atoms with Gasteiger partial charge in [0.2, 0.25) is 0 Å². The molecule has 0 bridgehead atoms. The predicted octanol–water partition coefficient (Wildman–Crippen LogP) is 4.09. The Labute approximate surface area is 273 Å². The van der Waals surface area contributed by atoms with Crippen LogP contribution in [0.15, 0.2) is 119 Å². The molecule has 0 unspecified atom stereocenters. The Morgan fingerprint density at radius 3 is 1.45 bits per heavy atom. The second-order valence-corrected chi connectivity index (χ2v) is 19.6. The van der Waals surface area contributed by atoms with E-state index >= 15 is 0 Å². The summed E-state index contributed by atoms with van der Waals surface area (Å²) in [5, 5.41) is 0. The van der Waals surface area contributed by atoms with Gasteiger partial charge in [-0.3, -0.25) is 0 Å². The normalized spacial score (nSPS) is 13.7. The van der Waals surface area contributed by atoms with Crippen molar-refractivity contribution in [3.63, 3.8) is 0 Å². The summed E-state index contributed by atoms with van der Waals surface area (Å²) in [4.78, 5) is 0. The smallest absolute Gasteiger partial charge is 1.00 e. The third-order valence-electron chi connectivity index (χ3n) is 8.55. The molecule has 0 amide bonds. The van der Waals surface area contributed by atoms with Crippen LogP contribution in [0.4, 0.5) is 0 Å². The maximum Gasteiger partial charge on any atom is -1.00 e. The van der Waals surface area contributed by atoms with Crippen LogP contribution in [-0.4, -0.2) is 3.21 Å². The molecule has 2 aliphatic rings. The molecular formula is C39H40Cl2Zr. The van der Waals surface area contributed by atoms with Gasteiger partial charge in [-0.2, -0.15) is 0 Å². The minimum atomic E-state index is -2.66. The summed E-state index contributed by atoms with van der Waals surface area (Å²) < 4.78 is 3.74. The van der Waals surface area contributed by atoms with Gasteiger partial charge >= 0.3 is 250 Å². The van der Waals surface area contributed by atoms with Gasteiger partial charge in [0.25, 0.3) is 0 Å². The van der Waals surface area contributed by atoms with Crippen LogP contribution in [0.2, 0.25) is 0 Å². The molecule has 0 N–H and O–H groups in total. The molecule has 4 aromatic rings. The van der Waals surface area contributed by atoms with Crippen molar-refractivity contribution in [3.8, 4) is 11.1 Å². The summed E-state index contributed by atoms with van der Waals surface area (Å²) in [5.41, 5.74) is 11.9. The topological polar surface area (TPSA) is 0 Å². The van der Waals surface area contributed by atoms with Crippen molar-refractivity contribution in [1.82, 2.24) is 0 Å². The fourth-order valence-corrected chi connectivity index (χ4v) is 15.3. The molecule has 42 heavy (non-hydrogen) atoms. The Morgan fingerprint density at radius 2 is 1.07 bits per heavy atom. The molecule has 0 nitrogen and oxygen atoms in total. The number of hydrogen-bond donors (Lipinski definition) is 0. The average Bonchev–Trinajstić information content (AvgIpc) is 3.58. The molecule has 2 aliphatic carbocycles. The van der Waals surface area contributed by atoms with E-state index in [9.17, 15) is 0 Å². The molecule has 6 rings (SSSR count). The van der Waals surface area contributed by atoms with Gasteiger partial charge in [-0.15, -0.1) is 0 Å². The van der Waals surface area contributed by atoms with Crippen LogP contribution in [-0.2, 0) is 32.1 Å². The second-order valence-electron chi connectivity index (χ2n) is 13.4. The molecule has 0 saturated carbocycles. The van der Waals surface area contributed by atoms with Crippen LogP contribution in [0.25, 0.3) is 11.1 Å². The molecule has 3 heteroatoms. The van der Waals surface area contributed by atoms with E-state index < -0.39 is 21.3 Å². The summed E-state index contributed by atoms with van der Waals surface area (Å²) in [6.07, 6.45) is 8.23. The summed E-state index contributed by atoms with van der Waals surface area (Å²) in [7, 11) is 0. The van der Waals surface area contributed by atoms with Crippen molar-refractivity contribution in [1.29, 1.82) is 0 Å². The van der Waals surface area contributed by atoms with Gasteiger partial charge in [-0.25, -0.2) is 0 Å². The van der Waals surface area contributed by atoms with Gasteiger partial charge in [-0.05, 0) is 0 Å². The van der Waals surface area contributed by atoms with Crippen molar-refractivity contribution in [2.75, 3.05) is 0 Å². The first-order valence-corrected chi connectivity index (χ1v) is 18.5. The Balaban J connectivity index is 0.00000202. The maximum atomic E-state index is 2.58. The molecule has 0 heterocycles. The van der Waals surface area contributed by atoms with Gasteiger partial charge in [0.15, 0.2) is 0 Å². The van der Waals surface area contributed by atoms with Crippen molar-refractivity contribution in [2.24, 2.45) is 0 Å². The molecule has 0 spiro atoms. The minimum absolute atomic E-state index is 0. The largest absolute Gasteiger partial charge is 1.00 e. The first kappa shape index (κ1) is 32.6. The Morgan fingerprint density at radius 1 is 0.619 bits per heavy atom. The van der Waals surface area contributed by atoms with Crippen molar-refractivity contribution in [3.05, 3.63) is 152 Å². The number of halogens is 2. The first-order valence-electron chi connectivity index (χ1n) is 14.6. The standard InChI is InChI=1S/C21H25.C13H10.C5H5.2ClH.Zr/c1-20(2,3)16-7-9-18-14(12-16)11-15-13-17(21(4,5)6)8-10-19(15)18;1-3-7-12(8-4-1)11-13-9-5-2-6-10-13;1-2-4-5-3-1;;;/h7-13H,1-6H3;1-10H;1-3H,4H2;2*1H;/q;;;;;+2/p-2. The molecule has 0 atom stereocenters. The van der Waals surface area contributed by atoms with Crippen molar-refractivity contribution in [2.45, 2.75) is 62.4 Å². The maximum absolute atomic E-state index is 2.66. The van der Waals surface area contributed by atoms with E-state index in [4.69, 9.17) is 0 Å². The molecule has 214 valence electrons. The van der Waals surface area contributed by atoms with Gasteiger partial charge in [0, 0.05) is 0 Å². The van der Waals surface area contributed by atoms with Gasteiger partial charge < -0.3 is 24.8 Å². The van der Waals surface area contributed by atoms with E-state index in [-0.39, 0.29) is 35.6 Å². The number of hydrogen-bond acceptors (Lipinski definition) is 0. The second kappa shape index (κ2) is 12.7. The average molecular weight is 671 g/mol. The molecule has 0 saturated heterocycles. The van der Waals surface area contributed by atoms with Crippen LogP contribution < -0.4 is 24.8 Å². The van der Waals surface area contributed by atoms with Crippen molar-refractivity contribution < 1.29 is 46.1 Å². The van der Waals surface area contributed by atoms with Crippen LogP contribution in [0.1, 0.15) is 85.0 Å². The van der Waals surface area contributed by atoms with E-state index in [1.165, 1.54) is 33.4 Å². The molecule has 4 aromatic carbocycles. The third-order valence-corrected chi connectivity index (χ3v) is 16.9. The SMILES string of the molecule is CC(C)(C)c1ccc2c(c1)[CH]([Zr+2]([C]1=CC=CC1)=[C](c1ccccc1)c1ccccc1)c1cc(C(C)(C)C)ccc1-2.[Cl-].[Cl-]. The Kier molecular flexibility index (Phi) is 9.89. The fourth-order valence-electron chi connectivity index (χ4n) is 6.33. The summed E-state index contributed by atoms with van der Waals surface area (Å²) in [6, 6.07) is 37.3. The quantitative estimate of drug-likeness (QED) is 0.307. The fraction of sp³-hybridized carbons (Fsp3) is 0.256. The predicted molar refractivity (Wildman–Crippen MR) is 169 cm³/mol. The van der Waals surface area contributed by atoms with Gasteiger partial charge in [0.1, 0.15) is 0 Å². The number of benzene rings is 4.